The van der Waals surface area contributed by atoms with Crippen molar-refractivity contribution in [1.29, 1.82) is 0 Å². The molecule has 1 heterocycles. The van der Waals surface area contributed by atoms with Gasteiger partial charge < -0.3 is 9.71 Å². The first kappa shape index (κ1) is 18.5. The van der Waals surface area contributed by atoms with Gasteiger partial charge in [0, 0.05) is 19.0 Å². The molecule has 1 atom stereocenters. The third-order valence-electron chi connectivity index (χ3n) is 4.85. The molecule has 0 aliphatic carbocycles. The topological polar surface area (TPSA) is 23.6 Å². The lowest BCUT2D eigenvalue weighted by Crippen LogP contribution is -2.48. The molecule has 1 rings (SSSR count). The van der Waals surface area contributed by atoms with Gasteiger partial charge >= 0.3 is 0 Å². The minimum Gasteiger partial charge on any atom is -0.349 e. The maximum absolute atomic E-state index is 12.8. The Morgan fingerprint density at radius 2 is 1.86 bits per heavy atom. The van der Waals surface area contributed by atoms with Crippen LogP contribution in [0.4, 0.5) is 0 Å². The molecule has 0 aromatic rings. The summed E-state index contributed by atoms with van der Waals surface area (Å²) in [5.41, 5.74) is 0.159. The van der Waals surface area contributed by atoms with E-state index in [-0.39, 0.29) is 5.41 Å². The summed E-state index contributed by atoms with van der Waals surface area (Å²) in [5.74, 6) is 0.971. The van der Waals surface area contributed by atoms with E-state index in [4.69, 9.17) is 0 Å². The molecule has 1 amide bonds. The van der Waals surface area contributed by atoms with Crippen molar-refractivity contribution in [3.8, 4) is 0 Å². The monoisotopic (exact) mass is 294 g/mol. The first-order valence-electron chi connectivity index (χ1n) is 8.77. The van der Waals surface area contributed by atoms with Gasteiger partial charge in [0.05, 0.1) is 0 Å². The summed E-state index contributed by atoms with van der Waals surface area (Å²) < 4.78 is 0. The number of carbonyl (C=O) groups excluding carboxylic acids is 1. The van der Waals surface area contributed by atoms with Crippen LogP contribution in [0, 0.1) is 11.3 Å². The first-order valence-corrected chi connectivity index (χ1v) is 8.77. The Hall–Kier alpha value is -0.505. The summed E-state index contributed by atoms with van der Waals surface area (Å²) in [6, 6.07) is 0.358. The second-order valence-corrected chi connectivity index (χ2v) is 7.83. The summed E-state index contributed by atoms with van der Waals surface area (Å²) in [4.78, 5) is 17.4. The van der Waals surface area contributed by atoms with Crippen molar-refractivity contribution in [1.82, 2.24) is 9.71 Å². The lowest BCUT2D eigenvalue weighted by Gasteiger charge is -2.41. The number of piperidine rings is 1. The van der Waals surface area contributed by atoms with Gasteiger partial charge in [0.25, 0.3) is 0 Å². The highest BCUT2D eigenvalue weighted by Crippen LogP contribution is 2.29. The van der Waals surface area contributed by atoms with E-state index >= 15 is 0 Å². The highest BCUT2D eigenvalue weighted by molar-refractivity contribution is 6.04. The maximum Gasteiger partial charge on any atom is 0.223 e. The van der Waals surface area contributed by atoms with Gasteiger partial charge in [0.1, 0.15) is 0 Å². The van der Waals surface area contributed by atoms with Crippen molar-refractivity contribution >= 4 is 13.9 Å². The Morgan fingerprint density at radius 3 is 2.29 bits per heavy atom. The van der Waals surface area contributed by atoms with Gasteiger partial charge in [0.15, 0.2) is 7.98 Å². The molecule has 122 valence electrons. The Bertz CT molecular complexity index is 319. The molecule has 0 spiro atoms. The van der Waals surface area contributed by atoms with Crippen molar-refractivity contribution in [2.45, 2.75) is 72.8 Å². The van der Waals surface area contributed by atoms with Crippen LogP contribution in [0.2, 0.25) is 0 Å². The Morgan fingerprint density at radius 1 is 1.29 bits per heavy atom. The van der Waals surface area contributed by atoms with Crippen LogP contribution < -0.4 is 0 Å². The second-order valence-electron chi connectivity index (χ2n) is 7.83. The number of hydrogen-bond acceptors (Lipinski definition) is 2. The largest absolute Gasteiger partial charge is 0.349 e. The van der Waals surface area contributed by atoms with Gasteiger partial charge in [-0.15, -0.1) is 0 Å². The molecule has 0 bridgehead atoms. The van der Waals surface area contributed by atoms with Crippen LogP contribution in [-0.2, 0) is 4.79 Å². The predicted octanol–water partition coefficient (Wildman–Crippen LogP) is 2.70. The zero-order valence-electron chi connectivity index (χ0n) is 15.1. The summed E-state index contributed by atoms with van der Waals surface area (Å²) in [6.07, 6.45) is 5.19. The fraction of sp³-hybridized carbons (Fsp3) is 0.941. The summed E-state index contributed by atoms with van der Waals surface area (Å²) in [6.45, 7) is 14.3. The molecule has 1 aliphatic rings. The minimum absolute atomic E-state index is 0.159. The van der Waals surface area contributed by atoms with Crippen LogP contribution >= 0.6 is 0 Å². The van der Waals surface area contributed by atoms with Crippen molar-refractivity contribution in [2.24, 2.45) is 11.3 Å². The third kappa shape index (κ3) is 5.65. The first-order chi connectivity index (χ1) is 9.79. The van der Waals surface area contributed by atoms with E-state index in [0.717, 1.165) is 38.9 Å². The van der Waals surface area contributed by atoms with Crippen molar-refractivity contribution < 1.29 is 4.79 Å². The molecular weight excluding hydrogens is 259 g/mol. The van der Waals surface area contributed by atoms with E-state index in [1.54, 1.807) is 0 Å². The average molecular weight is 294 g/mol. The quantitative estimate of drug-likeness (QED) is 0.703. The van der Waals surface area contributed by atoms with Crippen LogP contribution in [0.3, 0.4) is 0 Å². The van der Waals surface area contributed by atoms with Gasteiger partial charge in [-0.2, -0.15) is 0 Å². The van der Waals surface area contributed by atoms with E-state index in [2.05, 4.69) is 52.3 Å². The van der Waals surface area contributed by atoms with Crippen molar-refractivity contribution in [3.05, 3.63) is 0 Å². The zero-order chi connectivity index (χ0) is 16.0. The third-order valence-corrected chi connectivity index (χ3v) is 4.85. The van der Waals surface area contributed by atoms with Crippen LogP contribution in [0.15, 0.2) is 0 Å². The fourth-order valence-corrected chi connectivity index (χ4v) is 3.63. The smallest absolute Gasteiger partial charge is 0.223 e. The van der Waals surface area contributed by atoms with Crippen LogP contribution in [0.1, 0.15) is 66.7 Å². The standard InChI is InChI=1S/C17H35BN2O/c1-6-10-20(15(7-2)17(3,4)5)16(21)13-14-8-11-19(18)12-9-14/h14-15H,6-13,18H2,1-5H3/t15-/m1/s1. The fourth-order valence-electron chi connectivity index (χ4n) is 3.63. The van der Waals surface area contributed by atoms with Gasteiger partial charge in [-0.1, -0.05) is 34.6 Å². The number of amides is 1. The molecule has 3 nitrogen and oxygen atoms in total. The summed E-state index contributed by atoms with van der Waals surface area (Å²) >= 11 is 0. The molecule has 1 saturated heterocycles. The van der Waals surface area contributed by atoms with Crippen LogP contribution in [0.5, 0.6) is 0 Å². The molecular formula is C17H35BN2O. The van der Waals surface area contributed by atoms with Crippen LogP contribution in [0.25, 0.3) is 0 Å². The Kier molecular flexibility index (Phi) is 7.25. The number of rotatable bonds is 6. The average Bonchev–Trinajstić information content (AvgIpc) is 2.39. The van der Waals surface area contributed by atoms with Gasteiger partial charge in [-0.25, -0.2) is 0 Å². The maximum atomic E-state index is 12.8. The van der Waals surface area contributed by atoms with Gasteiger partial charge in [0.2, 0.25) is 5.91 Å². The molecule has 0 aromatic heterocycles. The van der Waals surface area contributed by atoms with E-state index in [1.807, 2.05) is 0 Å². The van der Waals surface area contributed by atoms with E-state index in [1.165, 1.54) is 12.8 Å². The van der Waals surface area contributed by atoms with Crippen molar-refractivity contribution in [3.63, 3.8) is 0 Å². The van der Waals surface area contributed by atoms with E-state index < -0.39 is 0 Å². The van der Waals surface area contributed by atoms with Crippen LogP contribution in [-0.4, -0.2) is 49.3 Å². The van der Waals surface area contributed by atoms with Gasteiger partial charge in [-0.3, -0.25) is 4.79 Å². The lowest BCUT2D eigenvalue weighted by atomic mass is 9.83. The van der Waals surface area contributed by atoms with Crippen molar-refractivity contribution in [2.75, 3.05) is 19.6 Å². The lowest BCUT2D eigenvalue weighted by molar-refractivity contribution is -0.137. The molecule has 0 radical (unpaired) electrons. The summed E-state index contributed by atoms with van der Waals surface area (Å²) in [7, 11) is 2.17. The minimum atomic E-state index is 0.159. The molecule has 4 heteroatoms. The molecule has 0 unspecified atom stereocenters. The second kappa shape index (κ2) is 8.21. The highest BCUT2D eigenvalue weighted by atomic mass is 16.2. The van der Waals surface area contributed by atoms with E-state index in [9.17, 15) is 4.79 Å². The molecule has 0 aromatic carbocycles. The Balaban J connectivity index is 2.68. The normalized spacial score (nSPS) is 19.5. The van der Waals surface area contributed by atoms with E-state index in [0.29, 0.717) is 17.9 Å². The van der Waals surface area contributed by atoms with Gasteiger partial charge in [-0.05, 0) is 50.1 Å². The number of carbonyl (C=O) groups is 1. The molecule has 1 aliphatic heterocycles. The number of nitrogens with zero attached hydrogens (tertiary/aromatic N) is 2. The SMILES string of the molecule is BN1CCC(CC(=O)N(CCC)[C@H](CC)C(C)(C)C)CC1. The molecule has 21 heavy (non-hydrogen) atoms. The zero-order valence-corrected chi connectivity index (χ0v) is 15.1. The Labute approximate surface area is 132 Å². The summed E-state index contributed by atoms with van der Waals surface area (Å²) in [5, 5.41) is 0. The molecule has 0 N–H and O–H groups in total. The predicted molar refractivity (Wildman–Crippen MR) is 93.0 cm³/mol. The highest BCUT2D eigenvalue weighted by Gasteiger charge is 2.32. The molecule has 1 fully saturated rings. The number of hydrogen-bond donors (Lipinski definition) is 0. The molecule has 0 saturated carbocycles.